The Morgan fingerprint density at radius 3 is 2.69 bits per heavy atom. The standard InChI is InChI=1S/C18H11F3N4O/c19-18(20,21)17-24-14-7-6-10(9-15(14)25-17)16(26)23-13-5-1-4-12-11(13)3-2-8-22-12/h1-9H,(H,23,26)(H,24,25). The van der Waals surface area contributed by atoms with Crippen LogP contribution >= 0.6 is 0 Å². The van der Waals surface area contributed by atoms with Crippen molar-refractivity contribution in [2.24, 2.45) is 0 Å². The van der Waals surface area contributed by atoms with Crippen molar-refractivity contribution in [3.8, 4) is 0 Å². The normalized spacial score (nSPS) is 11.8. The average Bonchev–Trinajstić information content (AvgIpc) is 3.06. The van der Waals surface area contributed by atoms with Crippen LogP contribution < -0.4 is 5.32 Å². The Kier molecular flexibility index (Phi) is 3.61. The second kappa shape index (κ2) is 5.83. The average molecular weight is 356 g/mol. The molecule has 0 saturated heterocycles. The van der Waals surface area contributed by atoms with Crippen LogP contribution in [0.15, 0.2) is 54.7 Å². The number of nitrogens with zero attached hydrogens (tertiary/aromatic N) is 2. The third-order valence-electron chi connectivity index (χ3n) is 3.91. The lowest BCUT2D eigenvalue weighted by Gasteiger charge is -2.08. The summed E-state index contributed by atoms with van der Waals surface area (Å²) in [6.07, 6.45) is -2.92. The third kappa shape index (κ3) is 2.85. The van der Waals surface area contributed by atoms with Crippen molar-refractivity contribution in [3.63, 3.8) is 0 Å². The van der Waals surface area contributed by atoms with Gasteiger partial charge in [0.2, 0.25) is 5.82 Å². The molecule has 0 aliphatic rings. The maximum absolute atomic E-state index is 12.7. The molecule has 2 heterocycles. The maximum atomic E-state index is 12.7. The summed E-state index contributed by atoms with van der Waals surface area (Å²) in [5.74, 6) is -1.53. The summed E-state index contributed by atoms with van der Waals surface area (Å²) in [5.41, 5.74) is 1.80. The van der Waals surface area contributed by atoms with Crippen LogP contribution in [0.3, 0.4) is 0 Å². The largest absolute Gasteiger partial charge is 0.449 e. The molecule has 26 heavy (non-hydrogen) atoms. The number of pyridine rings is 1. The number of imidazole rings is 1. The Labute approximate surface area is 144 Å². The van der Waals surface area contributed by atoms with E-state index in [-0.39, 0.29) is 16.6 Å². The molecule has 0 radical (unpaired) electrons. The molecule has 5 nitrogen and oxygen atoms in total. The number of fused-ring (bicyclic) bond motifs is 2. The van der Waals surface area contributed by atoms with Crippen LogP contribution in [0, 0.1) is 0 Å². The molecule has 0 aliphatic heterocycles. The minimum Gasteiger partial charge on any atom is -0.334 e. The molecule has 0 bridgehead atoms. The Morgan fingerprint density at radius 2 is 1.88 bits per heavy atom. The van der Waals surface area contributed by atoms with Crippen LogP contribution in [0.1, 0.15) is 16.2 Å². The highest BCUT2D eigenvalue weighted by molar-refractivity contribution is 6.09. The van der Waals surface area contributed by atoms with Gasteiger partial charge in [0.25, 0.3) is 5.91 Å². The first kappa shape index (κ1) is 16.1. The summed E-state index contributed by atoms with van der Waals surface area (Å²) in [6, 6.07) is 13.1. The molecular weight excluding hydrogens is 345 g/mol. The van der Waals surface area contributed by atoms with Gasteiger partial charge in [-0.05, 0) is 42.5 Å². The van der Waals surface area contributed by atoms with E-state index in [0.29, 0.717) is 5.69 Å². The van der Waals surface area contributed by atoms with E-state index in [4.69, 9.17) is 0 Å². The Balaban J connectivity index is 1.67. The Morgan fingerprint density at radius 1 is 1.04 bits per heavy atom. The molecule has 8 heteroatoms. The molecule has 130 valence electrons. The molecule has 0 fully saturated rings. The number of alkyl halides is 3. The molecule has 0 spiro atoms. The van der Waals surface area contributed by atoms with Gasteiger partial charge in [0, 0.05) is 17.1 Å². The van der Waals surface area contributed by atoms with Gasteiger partial charge in [-0.2, -0.15) is 13.2 Å². The number of amides is 1. The molecule has 0 saturated carbocycles. The van der Waals surface area contributed by atoms with Gasteiger partial charge in [0.05, 0.1) is 22.2 Å². The molecule has 0 aliphatic carbocycles. The van der Waals surface area contributed by atoms with Gasteiger partial charge in [-0.3, -0.25) is 9.78 Å². The van der Waals surface area contributed by atoms with Gasteiger partial charge in [0.15, 0.2) is 0 Å². The van der Waals surface area contributed by atoms with Crippen molar-refractivity contribution >= 4 is 33.5 Å². The highest BCUT2D eigenvalue weighted by Gasteiger charge is 2.34. The van der Waals surface area contributed by atoms with Crippen LogP contribution in [-0.2, 0) is 6.18 Å². The first-order chi connectivity index (χ1) is 12.4. The van der Waals surface area contributed by atoms with Crippen molar-refractivity contribution < 1.29 is 18.0 Å². The number of hydrogen-bond donors (Lipinski definition) is 2. The fourth-order valence-electron chi connectivity index (χ4n) is 2.69. The number of hydrogen-bond acceptors (Lipinski definition) is 3. The third-order valence-corrected chi connectivity index (χ3v) is 3.91. The molecule has 1 amide bonds. The molecule has 2 N–H and O–H groups in total. The van der Waals surface area contributed by atoms with Crippen molar-refractivity contribution in [2.75, 3.05) is 5.32 Å². The van der Waals surface area contributed by atoms with Crippen molar-refractivity contribution in [2.45, 2.75) is 6.18 Å². The van der Waals surface area contributed by atoms with Gasteiger partial charge < -0.3 is 10.3 Å². The van der Waals surface area contributed by atoms with E-state index in [1.807, 2.05) is 12.1 Å². The fraction of sp³-hybridized carbons (Fsp3) is 0.0556. The van der Waals surface area contributed by atoms with Gasteiger partial charge in [-0.15, -0.1) is 0 Å². The van der Waals surface area contributed by atoms with E-state index < -0.39 is 17.9 Å². The predicted octanol–water partition coefficient (Wildman–Crippen LogP) is 4.38. The van der Waals surface area contributed by atoms with E-state index >= 15 is 0 Å². The summed E-state index contributed by atoms with van der Waals surface area (Å²) < 4.78 is 38.2. The molecular formula is C18H11F3N4O. The first-order valence-corrected chi connectivity index (χ1v) is 7.64. The number of benzene rings is 2. The quantitative estimate of drug-likeness (QED) is 0.560. The number of nitrogens with one attached hydrogen (secondary N) is 2. The van der Waals surface area contributed by atoms with E-state index in [2.05, 4.69) is 20.3 Å². The zero-order valence-corrected chi connectivity index (χ0v) is 13.1. The van der Waals surface area contributed by atoms with Gasteiger partial charge in [-0.25, -0.2) is 4.98 Å². The van der Waals surface area contributed by atoms with E-state index in [9.17, 15) is 18.0 Å². The van der Waals surface area contributed by atoms with Crippen LogP contribution in [0.4, 0.5) is 18.9 Å². The molecule has 0 atom stereocenters. The summed E-state index contributed by atoms with van der Waals surface area (Å²) in [5, 5.41) is 3.54. The lowest BCUT2D eigenvalue weighted by Crippen LogP contribution is -2.12. The monoisotopic (exact) mass is 356 g/mol. The number of anilines is 1. The first-order valence-electron chi connectivity index (χ1n) is 7.64. The molecule has 2 aromatic carbocycles. The van der Waals surface area contributed by atoms with Gasteiger partial charge >= 0.3 is 6.18 Å². The lowest BCUT2D eigenvalue weighted by atomic mass is 10.1. The topological polar surface area (TPSA) is 70.7 Å². The van der Waals surface area contributed by atoms with Crippen molar-refractivity contribution in [1.29, 1.82) is 0 Å². The molecule has 4 aromatic rings. The zero-order valence-electron chi connectivity index (χ0n) is 13.1. The molecule has 0 unspecified atom stereocenters. The number of carbonyl (C=O) groups excluding carboxylic acids is 1. The van der Waals surface area contributed by atoms with E-state index in [1.54, 1.807) is 24.4 Å². The summed E-state index contributed by atoms with van der Waals surface area (Å²) in [4.78, 5) is 22.4. The van der Waals surface area contributed by atoms with Gasteiger partial charge in [0.1, 0.15) is 0 Å². The van der Waals surface area contributed by atoms with Crippen LogP contribution in [0.25, 0.3) is 21.9 Å². The number of aromatic amines is 1. The number of aromatic nitrogens is 3. The second-order valence-electron chi connectivity index (χ2n) is 5.64. The molecule has 4 rings (SSSR count). The summed E-state index contributed by atoms with van der Waals surface area (Å²) >= 11 is 0. The molecule has 2 aromatic heterocycles. The van der Waals surface area contributed by atoms with Crippen LogP contribution in [0.2, 0.25) is 0 Å². The number of halogens is 3. The van der Waals surface area contributed by atoms with Gasteiger partial charge in [-0.1, -0.05) is 6.07 Å². The highest BCUT2D eigenvalue weighted by Crippen LogP contribution is 2.29. The minimum atomic E-state index is -4.57. The number of H-pyrrole nitrogens is 1. The van der Waals surface area contributed by atoms with E-state index in [0.717, 1.165) is 10.9 Å². The second-order valence-corrected chi connectivity index (χ2v) is 5.64. The SMILES string of the molecule is O=C(Nc1cccc2ncccc12)c1ccc2nc(C(F)(F)F)[nH]c2c1. The van der Waals surface area contributed by atoms with E-state index in [1.165, 1.54) is 18.2 Å². The number of carbonyl (C=O) groups is 1. The van der Waals surface area contributed by atoms with Crippen molar-refractivity contribution in [1.82, 2.24) is 15.0 Å². The summed E-state index contributed by atoms with van der Waals surface area (Å²) in [6.45, 7) is 0. The lowest BCUT2D eigenvalue weighted by molar-refractivity contribution is -0.144. The zero-order chi connectivity index (χ0) is 18.3. The maximum Gasteiger partial charge on any atom is 0.449 e. The fourth-order valence-corrected chi connectivity index (χ4v) is 2.69. The Hall–Kier alpha value is -3.42. The minimum absolute atomic E-state index is 0.142. The smallest absolute Gasteiger partial charge is 0.334 e. The summed E-state index contributed by atoms with van der Waals surface area (Å²) in [7, 11) is 0. The predicted molar refractivity (Wildman–Crippen MR) is 90.8 cm³/mol. The highest BCUT2D eigenvalue weighted by atomic mass is 19.4. The number of rotatable bonds is 2. The van der Waals surface area contributed by atoms with Crippen LogP contribution in [0.5, 0.6) is 0 Å². The van der Waals surface area contributed by atoms with Crippen molar-refractivity contribution in [3.05, 3.63) is 66.1 Å². The van der Waals surface area contributed by atoms with Crippen LogP contribution in [-0.4, -0.2) is 20.9 Å². The Bertz CT molecular complexity index is 1130.